The van der Waals surface area contributed by atoms with Crippen molar-refractivity contribution in [2.45, 2.75) is 68.1 Å². The highest BCUT2D eigenvalue weighted by molar-refractivity contribution is 9.09. The molecular weight excluding hydrogens is 504 g/mol. The van der Waals surface area contributed by atoms with Gasteiger partial charge in [-0.05, 0) is 31.7 Å². The fourth-order valence-corrected chi connectivity index (χ4v) is 6.75. The number of halogens is 1. The number of ether oxygens (including phenoxy) is 2. The Morgan fingerprint density at radius 3 is 2.68 bits per heavy atom. The number of amides is 2. The minimum atomic E-state index is -1.06. The Morgan fingerprint density at radius 2 is 1.97 bits per heavy atom. The van der Waals surface area contributed by atoms with Crippen molar-refractivity contribution in [2.75, 3.05) is 19.8 Å². The first kappa shape index (κ1) is 25.1. The van der Waals surface area contributed by atoms with E-state index in [9.17, 15) is 14.4 Å². The van der Waals surface area contributed by atoms with Crippen LogP contribution in [0, 0.1) is 11.8 Å². The zero-order valence-corrected chi connectivity index (χ0v) is 21.0. The van der Waals surface area contributed by atoms with E-state index in [1.54, 1.807) is 11.8 Å². The smallest absolute Gasteiger partial charge is 0.312 e. The first-order chi connectivity index (χ1) is 16.4. The van der Waals surface area contributed by atoms with Crippen LogP contribution in [0.3, 0.4) is 0 Å². The van der Waals surface area contributed by atoms with Gasteiger partial charge in [-0.3, -0.25) is 14.4 Å². The van der Waals surface area contributed by atoms with E-state index in [-0.39, 0.29) is 29.9 Å². The van der Waals surface area contributed by atoms with Gasteiger partial charge in [0.15, 0.2) is 0 Å². The van der Waals surface area contributed by atoms with Crippen LogP contribution < -0.4 is 5.32 Å². The Labute approximate surface area is 208 Å². The number of rotatable bonds is 11. The number of hydrogen-bond donors (Lipinski definition) is 2. The highest BCUT2D eigenvalue weighted by Crippen LogP contribution is 2.60. The number of unbranched alkanes of at least 4 members (excludes halogenated alkanes) is 3. The van der Waals surface area contributed by atoms with Crippen molar-refractivity contribution in [3.63, 3.8) is 0 Å². The number of alkyl halides is 1. The maximum atomic E-state index is 13.7. The number of esters is 1. The van der Waals surface area contributed by atoms with Crippen LogP contribution in [0.1, 0.15) is 44.6 Å². The first-order valence-corrected chi connectivity index (χ1v) is 13.1. The van der Waals surface area contributed by atoms with Crippen molar-refractivity contribution in [1.82, 2.24) is 10.2 Å². The Bertz CT molecular complexity index is 899. The molecule has 2 amide bonds. The second-order valence-electron chi connectivity index (χ2n) is 9.29. The summed E-state index contributed by atoms with van der Waals surface area (Å²) < 4.78 is 11.7. The molecule has 3 fully saturated rings. The maximum absolute atomic E-state index is 13.7. The second kappa shape index (κ2) is 10.7. The lowest BCUT2D eigenvalue weighted by Crippen LogP contribution is -2.55. The van der Waals surface area contributed by atoms with E-state index in [1.807, 2.05) is 30.3 Å². The Hall–Kier alpha value is -1.97. The minimum absolute atomic E-state index is 0.139. The van der Waals surface area contributed by atoms with E-state index in [2.05, 4.69) is 21.2 Å². The number of nitrogens with one attached hydrogen (secondary N) is 1. The summed E-state index contributed by atoms with van der Waals surface area (Å²) >= 11 is 3.64. The highest BCUT2D eigenvalue weighted by Gasteiger charge is 2.76. The van der Waals surface area contributed by atoms with Gasteiger partial charge in [-0.2, -0.15) is 0 Å². The monoisotopic (exact) mass is 536 g/mol. The lowest BCUT2D eigenvalue weighted by Gasteiger charge is -2.34. The topological polar surface area (TPSA) is 105 Å². The van der Waals surface area contributed by atoms with Crippen molar-refractivity contribution >= 4 is 33.7 Å². The van der Waals surface area contributed by atoms with Crippen LogP contribution in [0.5, 0.6) is 0 Å². The fraction of sp³-hybridized carbons (Fsp3) is 0.640. The summed E-state index contributed by atoms with van der Waals surface area (Å²) in [5.74, 6) is -2.36. The molecule has 0 saturated carbocycles. The summed E-state index contributed by atoms with van der Waals surface area (Å²) in [6, 6.07) is 8.80. The Kier molecular flexibility index (Phi) is 7.94. The molecule has 2 bridgehead atoms. The first-order valence-electron chi connectivity index (χ1n) is 12.2. The van der Waals surface area contributed by atoms with Crippen LogP contribution >= 0.6 is 15.9 Å². The number of nitrogens with zero attached hydrogens (tertiary/aromatic N) is 1. The molecule has 4 rings (SSSR count). The third kappa shape index (κ3) is 4.50. The normalized spacial score (nSPS) is 31.6. The summed E-state index contributed by atoms with van der Waals surface area (Å²) in [5.41, 5.74) is -0.0941. The molecular formula is C25H33BrN2O6. The lowest BCUT2D eigenvalue weighted by molar-refractivity contribution is -0.154. The number of benzene rings is 1. The molecule has 0 radical (unpaired) electrons. The molecule has 34 heavy (non-hydrogen) atoms. The number of carbonyl (C=O) groups is 3. The molecule has 9 heteroatoms. The van der Waals surface area contributed by atoms with Crippen LogP contribution in [0.2, 0.25) is 0 Å². The van der Waals surface area contributed by atoms with Crippen LogP contribution in [-0.2, 0) is 30.4 Å². The number of fused-ring (bicyclic) bond motifs is 1. The standard InChI is InChI=1S/C25H33BrN2O6/c1-2-33-24(32)18-19-23(31)28(12-8-3-4-9-13-29)21(25(19)14-17(26)20(18)34-25)22(30)27-15-16-10-6-5-7-11-16/h5-7,10-11,17-21,29H,2-4,8-9,12-15H2,1H3,(H,27,30)/t17?,18-,19-,20-,21?,25?/m0/s1. The average molecular weight is 537 g/mol. The second-order valence-corrected chi connectivity index (χ2v) is 10.5. The van der Waals surface area contributed by atoms with Gasteiger partial charge in [0.2, 0.25) is 11.8 Å². The Morgan fingerprint density at radius 1 is 1.24 bits per heavy atom. The molecule has 3 saturated heterocycles. The predicted molar refractivity (Wildman–Crippen MR) is 128 cm³/mol. The molecule has 6 atom stereocenters. The molecule has 3 aliphatic rings. The average Bonchev–Trinajstić information content (AvgIpc) is 3.42. The van der Waals surface area contributed by atoms with E-state index in [1.165, 1.54) is 0 Å². The molecule has 0 aliphatic carbocycles. The molecule has 8 nitrogen and oxygen atoms in total. The largest absolute Gasteiger partial charge is 0.466 e. The third-order valence-electron chi connectivity index (χ3n) is 7.21. The van der Waals surface area contributed by atoms with Gasteiger partial charge in [-0.25, -0.2) is 0 Å². The summed E-state index contributed by atoms with van der Waals surface area (Å²) in [6.45, 7) is 2.85. The van der Waals surface area contributed by atoms with Crippen LogP contribution in [0.15, 0.2) is 30.3 Å². The summed E-state index contributed by atoms with van der Waals surface area (Å²) in [7, 11) is 0. The molecule has 3 heterocycles. The van der Waals surface area contributed by atoms with Crippen LogP contribution in [0.4, 0.5) is 0 Å². The predicted octanol–water partition coefficient (Wildman–Crippen LogP) is 2.17. The molecule has 186 valence electrons. The van der Waals surface area contributed by atoms with Gasteiger partial charge >= 0.3 is 5.97 Å². The number of aliphatic hydroxyl groups excluding tert-OH is 1. The third-order valence-corrected chi connectivity index (χ3v) is 8.06. The van der Waals surface area contributed by atoms with Crippen molar-refractivity contribution in [3.05, 3.63) is 35.9 Å². The van der Waals surface area contributed by atoms with E-state index < -0.39 is 35.6 Å². The van der Waals surface area contributed by atoms with Crippen molar-refractivity contribution < 1.29 is 29.0 Å². The fourth-order valence-electron chi connectivity index (χ4n) is 5.81. The zero-order valence-electron chi connectivity index (χ0n) is 19.5. The van der Waals surface area contributed by atoms with E-state index in [0.29, 0.717) is 32.4 Å². The molecule has 1 aromatic carbocycles. The Balaban J connectivity index is 1.59. The van der Waals surface area contributed by atoms with Gasteiger partial charge in [0.1, 0.15) is 11.6 Å². The molecule has 1 aromatic rings. The van der Waals surface area contributed by atoms with Gasteiger partial charge in [0.25, 0.3) is 0 Å². The highest BCUT2D eigenvalue weighted by atomic mass is 79.9. The lowest BCUT2D eigenvalue weighted by atomic mass is 9.70. The van der Waals surface area contributed by atoms with Crippen LogP contribution in [0.25, 0.3) is 0 Å². The SMILES string of the molecule is CCOC(=O)[C@H]1[C@H]2C(=O)N(CCCCCCO)C(C(=O)NCc3ccccc3)C23CC(Br)[C@@H]1O3. The van der Waals surface area contributed by atoms with Gasteiger partial charge in [-0.1, -0.05) is 59.1 Å². The zero-order chi connectivity index (χ0) is 24.3. The van der Waals surface area contributed by atoms with Gasteiger partial charge in [0.05, 0.1) is 24.5 Å². The van der Waals surface area contributed by atoms with Crippen molar-refractivity contribution in [2.24, 2.45) is 11.8 Å². The number of carbonyl (C=O) groups excluding carboxylic acids is 3. The van der Waals surface area contributed by atoms with Crippen molar-refractivity contribution in [1.29, 1.82) is 0 Å². The molecule has 1 spiro atoms. The minimum Gasteiger partial charge on any atom is -0.466 e. The molecule has 2 N–H and O–H groups in total. The maximum Gasteiger partial charge on any atom is 0.312 e. The van der Waals surface area contributed by atoms with Gasteiger partial charge in [0, 0.05) is 24.5 Å². The van der Waals surface area contributed by atoms with E-state index >= 15 is 0 Å². The van der Waals surface area contributed by atoms with Crippen LogP contribution in [-0.4, -0.2) is 70.1 Å². The van der Waals surface area contributed by atoms with Crippen molar-refractivity contribution in [3.8, 4) is 0 Å². The molecule has 3 aliphatic heterocycles. The van der Waals surface area contributed by atoms with Gasteiger partial charge in [-0.15, -0.1) is 0 Å². The van der Waals surface area contributed by atoms with Gasteiger partial charge < -0.3 is 24.8 Å². The van der Waals surface area contributed by atoms with E-state index in [4.69, 9.17) is 14.6 Å². The quantitative estimate of drug-likeness (QED) is 0.255. The van der Waals surface area contributed by atoms with E-state index in [0.717, 1.165) is 18.4 Å². The summed E-state index contributed by atoms with van der Waals surface area (Å²) in [5, 5.41) is 12.0. The number of hydrogen-bond acceptors (Lipinski definition) is 6. The summed E-state index contributed by atoms with van der Waals surface area (Å²) in [4.78, 5) is 41.7. The molecule has 3 unspecified atom stereocenters. The molecule has 0 aromatic heterocycles. The summed E-state index contributed by atoms with van der Waals surface area (Å²) in [6.07, 6.45) is 3.10. The number of likely N-dealkylation sites (tertiary alicyclic amines) is 1. The number of aliphatic hydroxyl groups is 1.